The van der Waals surface area contributed by atoms with Crippen LogP contribution in [0.4, 0.5) is 16.2 Å². The number of methoxy groups -OCH3 is 1. The fourth-order valence-corrected chi connectivity index (χ4v) is 5.69. The Morgan fingerprint density at radius 1 is 0.786 bits per heavy atom. The molecule has 0 spiro atoms. The Balaban J connectivity index is 0.00000616. The predicted molar refractivity (Wildman–Crippen MR) is 185 cm³/mol. The van der Waals surface area contributed by atoms with Crippen LogP contribution in [0.1, 0.15) is 102 Å². The standard InChI is InChI=1S/C34H51N3O3S.BrH/c1-3-4-5-6-7-8-9-10-11-12-13-14-15-16-24-40-32-22-21-31(26-33(32)39-2)36-34(38)35-30-19-17-29(18-20-30)27-37-23-25-41-28-37;/h17-23,25-26H,3-16,24,27-28H2,1-2H3,(H2,35,36,38);1H. The molecule has 0 bridgehead atoms. The maximum Gasteiger partial charge on any atom is 0.323 e. The second-order valence-electron chi connectivity index (χ2n) is 10.9. The van der Waals surface area contributed by atoms with E-state index in [-0.39, 0.29) is 23.0 Å². The third kappa shape index (κ3) is 14.7. The number of anilines is 2. The average Bonchev–Trinajstić information content (AvgIpc) is 3.49. The molecule has 0 fully saturated rings. The fourth-order valence-electron chi connectivity index (χ4n) is 4.97. The number of unbranched alkanes of at least 4 members (excludes halogenated alkanes) is 13. The van der Waals surface area contributed by atoms with Crippen molar-refractivity contribution in [1.82, 2.24) is 4.90 Å². The minimum absolute atomic E-state index is 0. The average molecular weight is 663 g/mol. The number of thioether (sulfide) groups is 1. The van der Waals surface area contributed by atoms with Gasteiger partial charge in [-0.15, -0.1) is 28.7 Å². The van der Waals surface area contributed by atoms with Gasteiger partial charge >= 0.3 is 6.03 Å². The normalized spacial score (nSPS) is 12.2. The number of nitrogens with one attached hydrogen (secondary N) is 2. The third-order valence-corrected chi connectivity index (χ3v) is 8.18. The van der Waals surface area contributed by atoms with E-state index in [0.29, 0.717) is 23.8 Å². The maximum atomic E-state index is 12.5. The van der Waals surface area contributed by atoms with Gasteiger partial charge in [-0.25, -0.2) is 4.79 Å². The van der Waals surface area contributed by atoms with Crippen LogP contribution < -0.4 is 20.1 Å². The first kappa shape index (κ1) is 35.9. The number of carbonyl (C=O) groups excluding carboxylic acids is 1. The van der Waals surface area contributed by atoms with E-state index in [1.165, 1.54) is 89.0 Å². The van der Waals surface area contributed by atoms with E-state index in [4.69, 9.17) is 9.47 Å². The van der Waals surface area contributed by atoms with Crippen molar-refractivity contribution in [2.45, 2.75) is 103 Å². The Bertz CT molecular complexity index is 1040. The molecule has 2 aromatic rings. The minimum atomic E-state index is -0.297. The van der Waals surface area contributed by atoms with Crippen LogP contribution in [0.25, 0.3) is 0 Å². The van der Waals surface area contributed by atoms with Crippen molar-refractivity contribution >= 4 is 46.1 Å². The smallest absolute Gasteiger partial charge is 0.323 e. The Kier molecular flexibility index (Phi) is 19.0. The van der Waals surface area contributed by atoms with Crippen molar-refractivity contribution in [1.29, 1.82) is 0 Å². The number of nitrogens with zero attached hydrogens (tertiary/aromatic N) is 1. The lowest BCUT2D eigenvalue weighted by atomic mass is 10.0. The van der Waals surface area contributed by atoms with Crippen LogP contribution in [0.2, 0.25) is 0 Å². The molecule has 0 radical (unpaired) electrons. The van der Waals surface area contributed by atoms with Crippen molar-refractivity contribution in [2.24, 2.45) is 0 Å². The van der Waals surface area contributed by atoms with Gasteiger partial charge in [-0.3, -0.25) is 0 Å². The van der Waals surface area contributed by atoms with Gasteiger partial charge in [0.2, 0.25) is 0 Å². The highest BCUT2D eigenvalue weighted by atomic mass is 79.9. The van der Waals surface area contributed by atoms with Crippen molar-refractivity contribution < 1.29 is 14.3 Å². The summed E-state index contributed by atoms with van der Waals surface area (Å²) >= 11 is 1.79. The molecule has 8 heteroatoms. The van der Waals surface area contributed by atoms with Crippen LogP contribution in [0.15, 0.2) is 54.1 Å². The SMILES string of the molecule is Br.CCCCCCCCCCCCCCCCOc1ccc(NC(=O)Nc2ccc(CN3C=CSC3)cc2)cc1OC. The molecule has 2 amide bonds. The molecule has 2 aromatic carbocycles. The molecule has 3 rings (SSSR count). The summed E-state index contributed by atoms with van der Waals surface area (Å²) < 4.78 is 11.5. The largest absolute Gasteiger partial charge is 0.493 e. The van der Waals surface area contributed by atoms with Gasteiger partial charge in [0.05, 0.1) is 19.6 Å². The fraction of sp³-hybridized carbons (Fsp3) is 0.559. The first-order valence-electron chi connectivity index (χ1n) is 15.7. The van der Waals surface area contributed by atoms with Crippen LogP contribution in [-0.4, -0.2) is 30.5 Å². The Labute approximate surface area is 269 Å². The highest BCUT2D eigenvalue weighted by Gasteiger charge is 2.10. The van der Waals surface area contributed by atoms with Gasteiger partial charge in [0.25, 0.3) is 0 Å². The summed E-state index contributed by atoms with van der Waals surface area (Å²) in [7, 11) is 1.62. The molecule has 2 N–H and O–H groups in total. The first-order valence-corrected chi connectivity index (χ1v) is 16.7. The number of amides is 2. The molecule has 1 aliphatic heterocycles. The summed E-state index contributed by atoms with van der Waals surface area (Å²) in [6, 6.07) is 13.1. The van der Waals surface area contributed by atoms with E-state index < -0.39 is 0 Å². The number of halogens is 1. The highest BCUT2D eigenvalue weighted by Crippen LogP contribution is 2.30. The molecule has 0 aromatic heterocycles. The van der Waals surface area contributed by atoms with Crippen molar-refractivity contribution in [3.8, 4) is 11.5 Å². The van der Waals surface area contributed by atoms with E-state index in [1.807, 2.05) is 36.4 Å². The molecule has 234 valence electrons. The lowest BCUT2D eigenvalue weighted by molar-refractivity contribution is 0.262. The molecule has 0 saturated carbocycles. The number of hydrogen-bond donors (Lipinski definition) is 2. The molecule has 1 aliphatic rings. The molecule has 6 nitrogen and oxygen atoms in total. The summed E-state index contributed by atoms with van der Waals surface area (Å²) in [6.07, 6.45) is 20.9. The van der Waals surface area contributed by atoms with Gasteiger partial charge in [-0.1, -0.05) is 103 Å². The van der Waals surface area contributed by atoms with E-state index in [0.717, 1.165) is 24.5 Å². The van der Waals surface area contributed by atoms with Crippen molar-refractivity contribution in [3.63, 3.8) is 0 Å². The lowest BCUT2D eigenvalue weighted by Gasteiger charge is -2.15. The highest BCUT2D eigenvalue weighted by molar-refractivity contribution is 8.93. The van der Waals surface area contributed by atoms with Gasteiger partial charge in [-0.2, -0.15) is 0 Å². The second kappa shape index (κ2) is 22.3. The number of hydrogen-bond acceptors (Lipinski definition) is 5. The Morgan fingerprint density at radius 3 is 1.93 bits per heavy atom. The van der Waals surface area contributed by atoms with Gasteiger partial charge in [-0.05, 0) is 41.7 Å². The zero-order chi connectivity index (χ0) is 29.0. The zero-order valence-corrected chi connectivity index (χ0v) is 28.2. The third-order valence-electron chi connectivity index (χ3n) is 7.38. The monoisotopic (exact) mass is 661 g/mol. The number of rotatable bonds is 21. The molecular weight excluding hydrogens is 610 g/mol. The van der Waals surface area contributed by atoms with Crippen LogP contribution in [0.5, 0.6) is 11.5 Å². The summed E-state index contributed by atoms with van der Waals surface area (Å²) in [5.41, 5.74) is 2.60. The molecule has 0 aliphatic carbocycles. The van der Waals surface area contributed by atoms with E-state index in [1.54, 1.807) is 24.9 Å². The van der Waals surface area contributed by atoms with Gasteiger partial charge in [0.15, 0.2) is 11.5 Å². The topological polar surface area (TPSA) is 62.8 Å². The molecule has 0 unspecified atom stereocenters. The molecular formula is C34H52BrN3O3S. The predicted octanol–water partition coefficient (Wildman–Crippen LogP) is 10.8. The zero-order valence-electron chi connectivity index (χ0n) is 25.7. The van der Waals surface area contributed by atoms with E-state index in [2.05, 4.69) is 34.1 Å². The van der Waals surface area contributed by atoms with E-state index >= 15 is 0 Å². The van der Waals surface area contributed by atoms with Crippen molar-refractivity contribution in [2.75, 3.05) is 30.2 Å². The summed E-state index contributed by atoms with van der Waals surface area (Å²) in [4.78, 5) is 14.8. The van der Waals surface area contributed by atoms with E-state index in [9.17, 15) is 4.79 Å². The second-order valence-corrected chi connectivity index (χ2v) is 11.8. The number of ether oxygens (including phenoxy) is 2. The van der Waals surface area contributed by atoms with Gasteiger partial charge in [0.1, 0.15) is 0 Å². The summed E-state index contributed by atoms with van der Waals surface area (Å²) in [5.74, 6) is 2.30. The van der Waals surface area contributed by atoms with Gasteiger partial charge in [0, 0.05) is 30.2 Å². The number of benzene rings is 2. The van der Waals surface area contributed by atoms with Crippen LogP contribution in [0.3, 0.4) is 0 Å². The first-order chi connectivity index (χ1) is 20.2. The lowest BCUT2D eigenvalue weighted by Crippen LogP contribution is -2.19. The van der Waals surface area contributed by atoms with Crippen molar-refractivity contribution in [3.05, 3.63) is 59.6 Å². The number of urea groups is 1. The number of carbonyl (C=O) groups is 1. The quantitative estimate of drug-likeness (QED) is 0.130. The summed E-state index contributed by atoms with van der Waals surface area (Å²) in [6.45, 7) is 3.81. The van der Waals surface area contributed by atoms with Crippen LogP contribution >= 0.6 is 28.7 Å². The maximum absolute atomic E-state index is 12.5. The molecule has 42 heavy (non-hydrogen) atoms. The summed E-state index contributed by atoms with van der Waals surface area (Å²) in [5, 5.41) is 7.88. The molecule has 1 heterocycles. The minimum Gasteiger partial charge on any atom is -0.493 e. The Hall–Kier alpha value is -2.32. The Morgan fingerprint density at radius 2 is 1.36 bits per heavy atom. The van der Waals surface area contributed by atoms with Crippen LogP contribution in [0, 0.1) is 0 Å². The van der Waals surface area contributed by atoms with Crippen LogP contribution in [-0.2, 0) is 6.54 Å². The van der Waals surface area contributed by atoms with Gasteiger partial charge < -0.3 is 25.0 Å². The molecule has 0 saturated heterocycles. The molecule has 0 atom stereocenters.